The Labute approximate surface area is 176 Å². The van der Waals surface area contributed by atoms with Gasteiger partial charge >= 0.3 is 0 Å². The second-order valence-electron chi connectivity index (χ2n) is 8.30. The van der Waals surface area contributed by atoms with E-state index >= 15 is 0 Å². The number of likely N-dealkylation sites (tertiary alicyclic amines) is 1. The Balaban J connectivity index is 1.45. The van der Waals surface area contributed by atoms with E-state index in [1.54, 1.807) is 12.3 Å². The van der Waals surface area contributed by atoms with Crippen molar-refractivity contribution in [1.82, 2.24) is 20.2 Å². The van der Waals surface area contributed by atoms with Gasteiger partial charge in [-0.2, -0.15) is 0 Å². The lowest BCUT2D eigenvalue weighted by Crippen LogP contribution is -2.31. The molecule has 8 nitrogen and oxygen atoms in total. The minimum atomic E-state index is -0.213. The molecular formula is C22H29N5O3. The maximum atomic E-state index is 12.9. The molecule has 2 aromatic rings. The Morgan fingerprint density at radius 3 is 2.80 bits per heavy atom. The van der Waals surface area contributed by atoms with Crippen LogP contribution in [0.5, 0.6) is 0 Å². The predicted octanol–water partition coefficient (Wildman–Crippen LogP) is 1.94. The summed E-state index contributed by atoms with van der Waals surface area (Å²) in [5, 5.41) is 16.8. The van der Waals surface area contributed by atoms with Crippen LogP contribution in [-0.2, 0) is 4.79 Å². The highest BCUT2D eigenvalue weighted by Gasteiger charge is 2.28. The Hall–Kier alpha value is -2.74. The van der Waals surface area contributed by atoms with E-state index in [4.69, 9.17) is 0 Å². The van der Waals surface area contributed by atoms with Gasteiger partial charge in [-0.15, -0.1) is 0 Å². The molecule has 1 aliphatic heterocycles. The van der Waals surface area contributed by atoms with Gasteiger partial charge in [0.25, 0.3) is 5.91 Å². The molecule has 1 aliphatic carbocycles. The van der Waals surface area contributed by atoms with E-state index in [0.717, 1.165) is 31.1 Å². The van der Waals surface area contributed by atoms with Crippen molar-refractivity contribution in [3.8, 4) is 0 Å². The summed E-state index contributed by atoms with van der Waals surface area (Å²) in [6.07, 6.45) is 5.30. The fourth-order valence-corrected chi connectivity index (χ4v) is 4.34. The predicted molar refractivity (Wildman–Crippen MR) is 114 cm³/mol. The lowest BCUT2D eigenvalue weighted by atomic mass is 9.93. The molecule has 1 unspecified atom stereocenters. The molecule has 2 heterocycles. The van der Waals surface area contributed by atoms with Gasteiger partial charge in [0, 0.05) is 49.6 Å². The summed E-state index contributed by atoms with van der Waals surface area (Å²) in [4.78, 5) is 35.6. The number of amides is 2. The number of rotatable bonds is 6. The fraction of sp³-hybridized carbons (Fsp3) is 0.545. The molecular weight excluding hydrogens is 382 g/mol. The first-order chi connectivity index (χ1) is 14.5. The molecule has 0 bridgehead atoms. The molecule has 1 atom stereocenters. The zero-order valence-corrected chi connectivity index (χ0v) is 17.3. The Bertz CT molecular complexity index is 926. The average Bonchev–Trinajstić information content (AvgIpc) is 3.13. The molecule has 3 N–H and O–H groups in total. The number of carbonyl (C=O) groups is 2. The normalized spacial score (nSPS) is 24.3. The molecule has 1 aromatic heterocycles. The van der Waals surface area contributed by atoms with Gasteiger partial charge in [0.15, 0.2) is 0 Å². The standard InChI is InChI=1S/C22H29N5O3/c1-2-27-13-14(10-19(27)29)11-23-21(30)18-5-3-4-15-12-24-22(26-20(15)18)25-16-6-8-17(28)9-7-16/h3-5,12,14,16-17,28H,2,6-11,13H2,1H3,(H,23,30)(H,24,25,26)/t14?,16-,17-. The first-order valence-corrected chi connectivity index (χ1v) is 10.8. The summed E-state index contributed by atoms with van der Waals surface area (Å²) < 4.78 is 0. The van der Waals surface area contributed by atoms with Gasteiger partial charge in [0.2, 0.25) is 11.9 Å². The zero-order chi connectivity index (χ0) is 21.1. The number of hydrogen-bond donors (Lipinski definition) is 3. The Morgan fingerprint density at radius 2 is 2.07 bits per heavy atom. The minimum absolute atomic E-state index is 0.143. The topological polar surface area (TPSA) is 107 Å². The first-order valence-electron chi connectivity index (χ1n) is 10.8. The molecule has 1 saturated heterocycles. The second-order valence-corrected chi connectivity index (χ2v) is 8.30. The van der Waals surface area contributed by atoms with Crippen molar-refractivity contribution in [3.63, 3.8) is 0 Å². The quantitative estimate of drug-likeness (QED) is 0.671. The number of fused-ring (bicyclic) bond motifs is 1. The maximum absolute atomic E-state index is 12.9. The lowest BCUT2D eigenvalue weighted by Gasteiger charge is -2.26. The van der Waals surface area contributed by atoms with Crippen LogP contribution < -0.4 is 10.6 Å². The van der Waals surface area contributed by atoms with Crippen molar-refractivity contribution in [1.29, 1.82) is 0 Å². The van der Waals surface area contributed by atoms with Crippen LogP contribution in [-0.4, -0.2) is 63.6 Å². The van der Waals surface area contributed by atoms with E-state index in [1.807, 2.05) is 24.0 Å². The van der Waals surface area contributed by atoms with Crippen molar-refractivity contribution in [2.75, 3.05) is 25.0 Å². The highest BCUT2D eigenvalue weighted by atomic mass is 16.3. The van der Waals surface area contributed by atoms with Crippen molar-refractivity contribution >= 4 is 28.7 Å². The third kappa shape index (κ3) is 4.53. The van der Waals surface area contributed by atoms with Crippen LogP contribution in [0.25, 0.3) is 10.9 Å². The molecule has 8 heteroatoms. The number of nitrogens with zero attached hydrogens (tertiary/aromatic N) is 3. The van der Waals surface area contributed by atoms with Crippen molar-refractivity contribution in [2.24, 2.45) is 5.92 Å². The Morgan fingerprint density at radius 1 is 1.27 bits per heavy atom. The highest BCUT2D eigenvalue weighted by Crippen LogP contribution is 2.23. The van der Waals surface area contributed by atoms with Gasteiger partial charge < -0.3 is 20.6 Å². The lowest BCUT2D eigenvalue weighted by molar-refractivity contribution is -0.127. The number of carbonyl (C=O) groups excluding carboxylic acids is 2. The summed E-state index contributed by atoms with van der Waals surface area (Å²) in [6.45, 7) is 3.84. The largest absolute Gasteiger partial charge is 0.393 e. The second kappa shape index (κ2) is 8.95. The highest BCUT2D eigenvalue weighted by molar-refractivity contribution is 6.05. The summed E-state index contributed by atoms with van der Waals surface area (Å²) in [5.41, 5.74) is 1.12. The van der Waals surface area contributed by atoms with E-state index in [-0.39, 0.29) is 29.9 Å². The smallest absolute Gasteiger partial charge is 0.253 e. The van der Waals surface area contributed by atoms with Crippen LogP contribution in [0.2, 0.25) is 0 Å². The van der Waals surface area contributed by atoms with E-state index in [0.29, 0.717) is 43.1 Å². The van der Waals surface area contributed by atoms with Gasteiger partial charge in [0.05, 0.1) is 17.2 Å². The number of para-hydroxylation sites is 1. The third-order valence-electron chi connectivity index (χ3n) is 6.11. The molecule has 30 heavy (non-hydrogen) atoms. The fourth-order valence-electron chi connectivity index (χ4n) is 4.34. The molecule has 2 fully saturated rings. The molecule has 160 valence electrons. The molecule has 1 aromatic carbocycles. The molecule has 2 amide bonds. The number of aliphatic hydroxyl groups is 1. The number of aliphatic hydroxyl groups excluding tert-OH is 1. The van der Waals surface area contributed by atoms with Crippen molar-refractivity contribution < 1.29 is 14.7 Å². The van der Waals surface area contributed by atoms with Crippen LogP contribution in [0, 0.1) is 5.92 Å². The maximum Gasteiger partial charge on any atom is 0.253 e. The molecule has 0 spiro atoms. The summed E-state index contributed by atoms with van der Waals surface area (Å²) in [6, 6.07) is 5.72. The van der Waals surface area contributed by atoms with E-state index in [1.165, 1.54) is 0 Å². The zero-order valence-electron chi connectivity index (χ0n) is 17.3. The number of hydrogen-bond acceptors (Lipinski definition) is 6. The summed E-state index contributed by atoms with van der Waals surface area (Å²) >= 11 is 0. The van der Waals surface area contributed by atoms with Gasteiger partial charge in [-0.05, 0) is 38.7 Å². The summed E-state index contributed by atoms with van der Waals surface area (Å²) in [5.74, 6) is 0.614. The third-order valence-corrected chi connectivity index (χ3v) is 6.11. The monoisotopic (exact) mass is 411 g/mol. The average molecular weight is 412 g/mol. The number of anilines is 1. The van der Waals surface area contributed by atoms with Crippen molar-refractivity contribution in [3.05, 3.63) is 30.0 Å². The first kappa shape index (κ1) is 20.5. The van der Waals surface area contributed by atoms with Gasteiger partial charge in [-0.1, -0.05) is 12.1 Å². The number of benzene rings is 1. The minimum Gasteiger partial charge on any atom is -0.393 e. The van der Waals surface area contributed by atoms with Crippen LogP contribution in [0.15, 0.2) is 24.4 Å². The number of aromatic nitrogens is 2. The van der Waals surface area contributed by atoms with Crippen LogP contribution in [0.4, 0.5) is 5.95 Å². The van der Waals surface area contributed by atoms with Gasteiger partial charge in [-0.25, -0.2) is 9.97 Å². The van der Waals surface area contributed by atoms with Crippen LogP contribution in [0.3, 0.4) is 0 Å². The van der Waals surface area contributed by atoms with Gasteiger partial charge in [-0.3, -0.25) is 9.59 Å². The molecule has 0 radical (unpaired) electrons. The SMILES string of the molecule is CCN1CC(CNC(=O)c2cccc3cnc(N[C@H]4CC[C@H](O)CC4)nc23)CC1=O. The number of nitrogens with one attached hydrogen (secondary N) is 2. The van der Waals surface area contributed by atoms with Crippen LogP contribution in [0.1, 0.15) is 49.4 Å². The Kier molecular flexibility index (Phi) is 6.13. The van der Waals surface area contributed by atoms with Crippen LogP contribution >= 0.6 is 0 Å². The molecule has 4 rings (SSSR count). The van der Waals surface area contributed by atoms with Crippen molar-refractivity contribution in [2.45, 2.75) is 51.2 Å². The van der Waals surface area contributed by atoms with Gasteiger partial charge in [0.1, 0.15) is 0 Å². The van der Waals surface area contributed by atoms with E-state index < -0.39 is 0 Å². The molecule has 1 saturated carbocycles. The van der Waals surface area contributed by atoms with E-state index in [9.17, 15) is 14.7 Å². The summed E-state index contributed by atoms with van der Waals surface area (Å²) in [7, 11) is 0. The molecule has 2 aliphatic rings. The van der Waals surface area contributed by atoms with E-state index in [2.05, 4.69) is 20.6 Å².